The molecule has 1 atom stereocenters. The summed E-state index contributed by atoms with van der Waals surface area (Å²) in [5.74, 6) is 0.492. The number of carbonyl (C=O) groups excluding carboxylic acids is 1. The largest absolute Gasteiger partial charge is 0.484 e. The lowest BCUT2D eigenvalue weighted by atomic mass is 10.2. The van der Waals surface area contributed by atoms with E-state index < -0.39 is 0 Å². The minimum Gasteiger partial charge on any atom is -0.484 e. The van der Waals surface area contributed by atoms with Crippen LogP contribution in [0.15, 0.2) is 41.1 Å². The summed E-state index contributed by atoms with van der Waals surface area (Å²) in [5, 5.41) is 9.38. The molecule has 0 bridgehead atoms. The molecule has 0 saturated heterocycles. The molecule has 1 aromatic carbocycles. The molecule has 2 N–H and O–H groups in total. The minimum atomic E-state index is -0.170. The second-order valence-corrected chi connectivity index (χ2v) is 4.98. The van der Waals surface area contributed by atoms with Gasteiger partial charge < -0.3 is 10.1 Å². The van der Waals surface area contributed by atoms with Gasteiger partial charge in [-0.3, -0.25) is 9.89 Å². The van der Waals surface area contributed by atoms with Gasteiger partial charge >= 0.3 is 0 Å². The Morgan fingerprint density at radius 1 is 1.47 bits per heavy atom. The zero-order valence-corrected chi connectivity index (χ0v) is 12.0. The summed E-state index contributed by atoms with van der Waals surface area (Å²) in [7, 11) is 0. The molecule has 5 nitrogen and oxygen atoms in total. The van der Waals surface area contributed by atoms with Crippen molar-refractivity contribution in [2.24, 2.45) is 0 Å². The summed E-state index contributed by atoms with van der Waals surface area (Å²) in [5.41, 5.74) is 0.928. The summed E-state index contributed by atoms with van der Waals surface area (Å²) >= 11 is 3.34. The van der Waals surface area contributed by atoms with Gasteiger partial charge in [-0.2, -0.15) is 5.10 Å². The van der Waals surface area contributed by atoms with Gasteiger partial charge in [0.05, 0.1) is 12.2 Å². The predicted molar refractivity (Wildman–Crippen MR) is 74.8 cm³/mol. The van der Waals surface area contributed by atoms with Gasteiger partial charge in [0.1, 0.15) is 5.75 Å². The second kappa shape index (κ2) is 6.38. The molecule has 0 aliphatic heterocycles. The van der Waals surface area contributed by atoms with Crippen molar-refractivity contribution in [3.05, 3.63) is 46.7 Å². The topological polar surface area (TPSA) is 67.0 Å². The van der Waals surface area contributed by atoms with Crippen LogP contribution in [0, 0.1) is 0 Å². The number of hydrogen-bond donors (Lipinski definition) is 2. The molecule has 2 aromatic rings. The number of nitrogens with zero attached hydrogens (tertiary/aromatic N) is 1. The third kappa shape index (κ3) is 4.10. The number of aromatic amines is 1. The van der Waals surface area contributed by atoms with E-state index in [0.29, 0.717) is 5.75 Å². The van der Waals surface area contributed by atoms with Crippen molar-refractivity contribution in [1.82, 2.24) is 15.5 Å². The molecule has 0 aliphatic carbocycles. The summed E-state index contributed by atoms with van der Waals surface area (Å²) < 4.78 is 6.35. The Morgan fingerprint density at radius 2 is 2.21 bits per heavy atom. The number of aromatic nitrogens is 2. The van der Waals surface area contributed by atoms with Crippen LogP contribution in [0.1, 0.15) is 18.5 Å². The highest BCUT2D eigenvalue weighted by atomic mass is 79.9. The SMILES string of the molecule is CC(NC(=O)COc1ccc(Br)cc1)c1cn[nH]c1. The van der Waals surface area contributed by atoms with Crippen LogP contribution in [0.3, 0.4) is 0 Å². The first-order valence-corrected chi connectivity index (χ1v) is 6.61. The van der Waals surface area contributed by atoms with E-state index in [9.17, 15) is 4.79 Å². The first-order valence-electron chi connectivity index (χ1n) is 5.81. The molecule has 1 unspecified atom stereocenters. The van der Waals surface area contributed by atoms with Gasteiger partial charge in [-0.05, 0) is 31.2 Å². The number of ether oxygens (including phenoxy) is 1. The highest BCUT2D eigenvalue weighted by Crippen LogP contribution is 2.16. The second-order valence-electron chi connectivity index (χ2n) is 4.06. The van der Waals surface area contributed by atoms with E-state index in [1.807, 2.05) is 19.1 Å². The number of halogens is 1. The lowest BCUT2D eigenvalue weighted by molar-refractivity contribution is -0.123. The maximum Gasteiger partial charge on any atom is 0.258 e. The fraction of sp³-hybridized carbons (Fsp3) is 0.231. The van der Waals surface area contributed by atoms with Crippen LogP contribution in [0.25, 0.3) is 0 Å². The van der Waals surface area contributed by atoms with Crippen molar-refractivity contribution in [3.63, 3.8) is 0 Å². The molecule has 2 rings (SSSR count). The van der Waals surface area contributed by atoms with Crippen LogP contribution >= 0.6 is 15.9 Å². The Kier molecular flexibility index (Phi) is 4.57. The van der Waals surface area contributed by atoms with Gasteiger partial charge in [0.2, 0.25) is 0 Å². The molecular weight excluding hydrogens is 310 g/mol. The van der Waals surface area contributed by atoms with E-state index in [0.717, 1.165) is 10.0 Å². The van der Waals surface area contributed by atoms with Crippen molar-refractivity contribution in [2.75, 3.05) is 6.61 Å². The summed E-state index contributed by atoms with van der Waals surface area (Å²) in [6.07, 6.45) is 3.43. The lowest BCUT2D eigenvalue weighted by Crippen LogP contribution is -2.31. The average molecular weight is 324 g/mol. The van der Waals surface area contributed by atoms with Crippen molar-refractivity contribution in [2.45, 2.75) is 13.0 Å². The molecule has 0 fully saturated rings. The van der Waals surface area contributed by atoms with Gasteiger partial charge in [0, 0.05) is 16.2 Å². The van der Waals surface area contributed by atoms with E-state index in [-0.39, 0.29) is 18.6 Å². The van der Waals surface area contributed by atoms with Crippen molar-refractivity contribution in [1.29, 1.82) is 0 Å². The molecule has 0 saturated carbocycles. The minimum absolute atomic E-state index is 0.0101. The van der Waals surface area contributed by atoms with Crippen molar-refractivity contribution < 1.29 is 9.53 Å². The molecule has 1 aromatic heterocycles. The zero-order chi connectivity index (χ0) is 13.7. The van der Waals surface area contributed by atoms with Gasteiger partial charge in [-0.25, -0.2) is 0 Å². The predicted octanol–water partition coefficient (Wildman–Crippen LogP) is 2.43. The number of nitrogens with one attached hydrogen (secondary N) is 2. The average Bonchev–Trinajstić information content (AvgIpc) is 2.92. The van der Waals surface area contributed by atoms with Crippen LogP contribution in [-0.2, 0) is 4.79 Å². The van der Waals surface area contributed by atoms with Crippen molar-refractivity contribution >= 4 is 21.8 Å². The smallest absolute Gasteiger partial charge is 0.258 e. The van der Waals surface area contributed by atoms with E-state index in [4.69, 9.17) is 4.74 Å². The quantitative estimate of drug-likeness (QED) is 0.888. The monoisotopic (exact) mass is 323 g/mol. The van der Waals surface area contributed by atoms with E-state index >= 15 is 0 Å². The van der Waals surface area contributed by atoms with E-state index in [1.54, 1.807) is 24.5 Å². The van der Waals surface area contributed by atoms with Crippen LogP contribution in [0.2, 0.25) is 0 Å². The molecule has 19 heavy (non-hydrogen) atoms. The molecule has 1 heterocycles. The third-order valence-electron chi connectivity index (χ3n) is 2.58. The van der Waals surface area contributed by atoms with Crippen LogP contribution < -0.4 is 10.1 Å². The number of amides is 1. The lowest BCUT2D eigenvalue weighted by Gasteiger charge is -2.12. The number of H-pyrrole nitrogens is 1. The van der Waals surface area contributed by atoms with Crippen molar-refractivity contribution in [3.8, 4) is 5.75 Å². The first kappa shape index (κ1) is 13.6. The number of hydrogen-bond acceptors (Lipinski definition) is 3. The molecule has 0 spiro atoms. The van der Waals surface area contributed by atoms with Crippen LogP contribution in [0.5, 0.6) is 5.75 Å². The van der Waals surface area contributed by atoms with E-state index in [2.05, 4.69) is 31.4 Å². The van der Waals surface area contributed by atoms with Crippen LogP contribution in [0.4, 0.5) is 0 Å². The first-order chi connectivity index (χ1) is 9.15. The summed E-state index contributed by atoms with van der Waals surface area (Å²) in [6.45, 7) is 1.88. The number of carbonyl (C=O) groups is 1. The molecule has 0 aliphatic rings. The molecule has 1 amide bonds. The highest BCUT2D eigenvalue weighted by Gasteiger charge is 2.10. The maximum absolute atomic E-state index is 11.7. The Bertz CT molecular complexity index is 525. The normalized spacial score (nSPS) is 11.9. The van der Waals surface area contributed by atoms with Gasteiger partial charge in [0.15, 0.2) is 6.61 Å². The fourth-order valence-corrected chi connectivity index (χ4v) is 1.81. The fourth-order valence-electron chi connectivity index (χ4n) is 1.54. The standard InChI is InChI=1S/C13H14BrN3O2/c1-9(10-6-15-16-7-10)17-13(18)8-19-12-4-2-11(14)3-5-12/h2-7,9H,8H2,1H3,(H,15,16)(H,17,18). The van der Waals surface area contributed by atoms with Crippen LogP contribution in [-0.4, -0.2) is 22.7 Å². The Morgan fingerprint density at radius 3 is 2.84 bits per heavy atom. The molecular formula is C13H14BrN3O2. The van der Waals surface area contributed by atoms with Gasteiger partial charge in [0.25, 0.3) is 5.91 Å². The van der Waals surface area contributed by atoms with Gasteiger partial charge in [-0.15, -0.1) is 0 Å². The van der Waals surface area contributed by atoms with Gasteiger partial charge in [-0.1, -0.05) is 15.9 Å². The molecule has 6 heteroatoms. The highest BCUT2D eigenvalue weighted by molar-refractivity contribution is 9.10. The zero-order valence-electron chi connectivity index (χ0n) is 10.4. The third-order valence-corrected chi connectivity index (χ3v) is 3.11. The molecule has 0 radical (unpaired) electrons. The Labute approximate surface area is 119 Å². The number of benzene rings is 1. The number of rotatable bonds is 5. The molecule has 100 valence electrons. The maximum atomic E-state index is 11.7. The van der Waals surface area contributed by atoms with E-state index in [1.165, 1.54) is 0 Å². The Hall–Kier alpha value is -1.82. The summed E-state index contributed by atoms with van der Waals surface area (Å²) in [4.78, 5) is 11.7. The summed E-state index contributed by atoms with van der Waals surface area (Å²) in [6, 6.07) is 7.23. The Balaban J connectivity index is 1.80.